The Kier molecular flexibility index (Phi) is 5.60. The van der Waals surface area contributed by atoms with E-state index in [0.29, 0.717) is 62.1 Å². The molecule has 0 atom stereocenters. The van der Waals surface area contributed by atoms with Crippen molar-refractivity contribution in [3.8, 4) is 28.2 Å². The summed E-state index contributed by atoms with van der Waals surface area (Å²) in [5, 5.41) is 11.3. The standard InChI is InChI=1S/C26H22FN3O5/c1-13-9-18(30-34-13)12-32-21-10-20-22(11-19(21)23-14(2)29-35-15(23)3)33-25(24(20)26(31)28-4)16-5-7-17(27)8-6-16/h5-11H,12H2,1-4H3,(H,28,31). The average molecular weight is 475 g/mol. The van der Waals surface area contributed by atoms with Crippen LogP contribution in [0.5, 0.6) is 5.75 Å². The zero-order valence-corrected chi connectivity index (χ0v) is 19.6. The first-order valence-corrected chi connectivity index (χ1v) is 10.9. The number of nitrogens with zero attached hydrogens (tertiary/aromatic N) is 2. The molecule has 0 saturated heterocycles. The van der Waals surface area contributed by atoms with Crippen LogP contribution in [-0.2, 0) is 6.61 Å². The number of aryl methyl sites for hydroxylation is 3. The molecule has 5 aromatic rings. The molecule has 3 aromatic heterocycles. The van der Waals surface area contributed by atoms with Gasteiger partial charge in [-0.1, -0.05) is 10.3 Å². The number of amides is 1. The van der Waals surface area contributed by atoms with Crippen molar-refractivity contribution < 1.29 is 27.4 Å². The van der Waals surface area contributed by atoms with Crippen molar-refractivity contribution in [3.63, 3.8) is 0 Å². The van der Waals surface area contributed by atoms with E-state index in [4.69, 9.17) is 18.2 Å². The molecule has 1 N–H and O–H groups in total. The SMILES string of the molecule is CNC(=O)c1c(-c2ccc(F)cc2)oc2cc(-c3c(C)noc3C)c(OCc3cc(C)on3)cc12. The van der Waals surface area contributed by atoms with Crippen molar-refractivity contribution in [2.45, 2.75) is 27.4 Å². The molecule has 0 aliphatic rings. The second-order valence-electron chi connectivity index (χ2n) is 8.15. The third-order valence-corrected chi connectivity index (χ3v) is 5.71. The summed E-state index contributed by atoms with van der Waals surface area (Å²) in [6, 6.07) is 11.1. The first-order valence-electron chi connectivity index (χ1n) is 10.9. The topological polar surface area (TPSA) is 104 Å². The van der Waals surface area contributed by atoms with Crippen LogP contribution in [0, 0.1) is 26.6 Å². The number of benzene rings is 2. The fourth-order valence-electron chi connectivity index (χ4n) is 4.10. The van der Waals surface area contributed by atoms with Crippen LogP contribution in [0.2, 0.25) is 0 Å². The lowest BCUT2D eigenvalue weighted by molar-refractivity contribution is 0.0964. The molecular formula is C26H22FN3O5. The van der Waals surface area contributed by atoms with Gasteiger partial charge in [-0.3, -0.25) is 4.79 Å². The highest BCUT2D eigenvalue weighted by molar-refractivity contribution is 6.12. The van der Waals surface area contributed by atoms with Gasteiger partial charge in [-0.25, -0.2) is 4.39 Å². The zero-order valence-electron chi connectivity index (χ0n) is 19.6. The van der Waals surface area contributed by atoms with E-state index in [2.05, 4.69) is 15.6 Å². The van der Waals surface area contributed by atoms with Crippen molar-refractivity contribution >= 4 is 16.9 Å². The van der Waals surface area contributed by atoms with Gasteiger partial charge >= 0.3 is 0 Å². The molecule has 0 saturated carbocycles. The van der Waals surface area contributed by atoms with Crippen molar-refractivity contribution in [1.82, 2.24) is 15.6 Å². The summed E-state index contributed by atoms with van der Waals surface area (Å²) >= 11 is 0. The van der Waals surface area contributed by atoms with Gasteiger partial charge in [-0.05, 0) is 57.2 Å². The molecule has 9 heteroatoms. The Hall–Kier alpha value is -4.40. The summed E-state index contributed by atoms with van der Waals surface area (Å²) in [6.45, 7) is 5.60. The Labute approximate surface area is 199 Å². The minimum absolute atomic E-state index is 0.150. The maximum Gasteiger partial charge on any atom is 0.255 e. The van der Waals surface area contributed by atoms with E-state index in [9.17, 15) is 9.18 Å². The summed E-state index contributed by atoms with van der Waals surface area (Å²) in [5.41, 5.74) is 4.11. The predicted molar refractivity (Wildman–Crippen MR) is 126 cm³/mol. The maximum absolute atomic E-state index is 13.5. The van der Waals surface area contributed by atoms with Gasteiger partial charge in [0.15, 0.2) is 0 Å². The van der Waals surface area contributed by atoms with Crippen LogP contribution >= 0.6 is 0 Å². The quantitative estimate of drug-likeness (QED) is 0.334. The maximum atomic E-state index is 13.5. The molecule has 5 rings (SSSR count). The molecule has 2 aromatic carbocycles. The molecule has 0 unspecified atom stereocenters. The van der Waals surface area contributed by atoms with Gasteiger partial charge in [0.25, 0.3) is 5.91 Å². The number of ether oxygens (including phenoxy) is 1. The molecule has 0 aliphatic carbocycles. The minimum atomic E-state index is -0.383. The van der Waals surface area contributed by atoms with Crippen molar-refractivity contribution in [1.29, 1.82) is 0 Å². The van der Waals surface area contributed by atoms with E-state index in [1.807, 2.05) is 13.8 Å². The Bertz CT molecular complexity index is 1530. The fourth-order valence-corrected chi connectivity index (χ4v) is 4.10. The first-order chi connectivity index (χ1) is 16.9. The second kappa shape index (κ2) is 8.75. The van der Waals surface area contributed by atoms with Crippen LogP contribution < -0.4 is 10.1 Å². The van der Waals surface area contributed by atoms with Gasteiger partial charge in [0, 0.05) is 29.6 Å². The van der Waals surface area contributed by atoms with E-state index in [1.165, 1.54) is 19.2 Å². The number of aromatic nitrogens is 2. The van der Waals surface area contributed by atoms with E-state index in [0.717, 1.165) is 5.56 Å². The summed E-state index contributed by atoms with van der Waals surface area (Å²) in [7, 11) is 1.54. The first kappa shape index (κ1) is 22.4. The molecule has 8 nitrogen and oxygen atoms in total. The molecule has 0 bridgehead atoms. The Morgan fingerprint density at radius 3 is 2.46 bits per heavy atom. The molecule has 3 heterocycles. The Morgan fingerprint density at radius 2 is 1.83 bits per heavy atom. The summed E-state index contributed by atoms with van der Waals surface area (Å²) < 4.78 is 36.4. The third kappa shape index (κ3) is 4.05. The average Bonchev–Trinajstić information content (AvgIpc) is 3.53. The molecule has 35 heavy (non-hydrogen) atoms. The van der Waals surface area contributed by atoms with Gasteiger partial charge in [-0.2, -0.15) is 0 Å². The van der Waals surface area contributed by atoms with Gasteiger partial charge in [0.2, 0.25) is 0 Å². The number of rotatable bonds is 6. The number of nitrogens with one attached hydrogen (secondary N) is 1. The van der Waals surface area contributed by atoms with Crippen LogP contribution in [-0.4, -0.2) is 23.3 Å². The molecule has 0 radical (unpaired) electrons. The van der Waals surface area contributed by atoms with E-state index in [1.54, 1.807) is 37.3 Å². The number of halogens is 1. The summed E-state index contributed by atoms with van der Waals surface area (Å²) in [4.78, 5) is 12.9. The second-order valence-corrected chi connectivity index (χ2v) is 8.15. The highest BCUT2D eigenvalue weighted by Gasteiger charge is 2.25. The van der Waals surface area contributed by atoms with E-state index in [-0.39, 0.29) is 18.3 Å². The van der Waals surface area contributed by atoms with Crippen LogP contribution in [0.4, 0.5) is 4.39 Å². The largest absolute Gasteiger partial charge is 0.486 e. The number of fused-ring (bicyclic) bond motifs is 1. The Balaban J connectivity index is 1.73. The predicted octanol–water partition coefficient (Wildman–Crippen LogP) is 5.75. The van der Waals surface area contributed by atoms with Crippen LogP contribution in [0.1, 0.15) is 33.3 Å². The highest BCUT2D eigenvalue weighted by atomic mass is 19.1. The van der Waals surface area contributed by atoms with Gasteiger partial charge in [0.05, 0.1) is 16.8 Å². The summed E-state index contributed by atoms with van der Waals surface area (Å²) in [5.74, 6) is 1.38. The number of furan rings is 1. The number of hydrogen-bond donors (Lipinski definition) is 1. The highest BCUT2D eigenvalue weighted by Crippen LogP contribution is 2.42. The number of carbonyl (C=O) groups excluding carboxylic acids is 1. The van der Waals surface area contributed by atoms with Gasteiger partial charge < -0.3 is 23.5 Å². The smallest absolute Gasteiger partial charge is 0.255 e. The lowest BCUT2D eigenvalue weighted by Gasteiger charge is -2.11. The van der Waals surface area contributed by atoms with Crippen molar-refractivity contribution in [3.05, 3.63) is 76.8 Å². The summed E-state index contributed by atoms with van der Waals surface area (Å²) in [6.07, 6.45) is 0. The molecule has 0 aliphatic heterocycles. The van der Waals surface area contributed by atoms with Crippen molar-refractivity contribution in [2.75, 3.05) is 7.05 Å². The molecular weight excluding hydrogens is 453 g/mol. The lowest BCUT2D eigenvalue weighted by Crippen LogP contribution is -2.18. The van der Waals surface area contributed by atoms with E-state index < -0.39 is 0 Å². The normalized spacial score (nSPS) is 11.2. The van der Waals surface area contributed by atoms with Crippen molar-refractivity contribution in [2.24, 2.45) is 0 Å². The van der Waals surface area contributed by atoms with Crippen LogP contribution in [0.25, 0.3) is 33.4 Å². The van der Waals surface area contributed by atoms with Crippen LogP contribution in [0.3, 0.4) is 0 Å². The van der Waals surface area contributed by atoms with Gasteiger partial charge in [0.1, 0.15) is 46.7 Å². The Morgan fingerprint density at radius 1 is 1.06 bits per heavy atom. The van der Waals surface area contributed by atoms with Gasteiger partial charge in [-0.15, -0.1) is 0 Å². The molecule has 178 valence electrons. The number of carbonyl (C=O) groups is 1. The lowest BCUT2D eigenvalue weighted by atomic mass is 9.99. The number of hydrogen-bond acceptors (Lipinski definition) is 7. The third-order valence-electron chi connectivity index (χ3n) is 5.71. The monoisotopic (exact) mass is 475 g/mol. The van der Waals surface area contributed by atoms with E-state index >= 15 is 0 Å². The minimum Gasteiger partial charge on any atom is -0.486 e. The van der Waals surface area contributed by atoms with Crippen LogP contribution in [0.15, 0.2) is 55.9 Å². The zero-order chi connectivity index (χ0) is 24.7. The molecule has 0 fully saturated rings. The molecule has 0 spiro atoms. The fraction of sp³-hybridized carbons (Fsp3) is 0.192. The molecule has 1 amide bonds.